The van der Waals surface area contributed by atoms with E-state index in [2.05, 4.69) is 5.32 Å². The molecule has 6 nitrogen and oxygen atoms in total. The van der Waals surface area contributed by atoms with Crippen LogP contribution in [0.15, 0.2) is 48.5 Å². The van der Waals surface area contributed by atoms with Crippen LogP contribution >= 0.6 is 0 Å². The molecule has 0 spiro atoms. The molecule has 6 heteroatoms. The number of ether oxygens (including phenoxy) is 2. The maximum Gasteiger partial charge on any atom is 0.265 e. The number of hydrogen-bond acceptors (Lipinski definition) is 4. The van der Waals surface area contributed by atoms with Gasteiger partial charge in [0.05, 0.1) is 18.7 Å². The number of benzene rings is 2. The second-order valence-electron chi connectivity index (χ2n) is 5.98. The van der Waals surface area contributed by atoms with Gasteiger partial charge in [-0.3, -0.25) is 9.59 Å². The molecule has 0 radical (unpaired) electrons. The number of rotatable bonds is 7. The number of fused-ring (bicyclic) bond motifs is 1. The fraction of sp³-hybridized carbons (Fsp3) is 0.300. The Morgan fingerprint density at radius 1 is 1.23 bits per heavy atom. The van der Waals surface area contributed by atoms with Crippen LogP contribution in [0.5, 0.6) is 11.5 Å². The minimum atomic E-state index is -0.147. The Bertz CT molecular complexity index is 777. The van der Waals surface area contributed by atoms with Gasteiger partial charge in [0.1, 0.15) is 11.5 Å². The third kappa shape index (κ3) is 4.33. The van der Waals surface area contributed by atoms with Gasteiger partial charge in [-0.25, -0.2) is 0 Å². The summed E-state index contributed by atoms with van der Waals surface area (Å²) in [5, 5.41) is 2.84. The van der Waals surface area contributed by atoms with E-state index in [-0.39, 0.29) is 24.8 Å². The summed E-state index contributed by atoms with van der Waals surface area (Å²) in [6.07, 6.45) is 1.08. The van der Waals surface area contributed by atoms with Crippen molar-refractivity contribution in [1.29, 1.82) is 0 Å². The third-order valence-corrected chi connectivity index (χ3v) is 3.97. The Morgan fingerprint density at radius 2 is 2.04 bits per heavy atom. The number of carbonyl (C=O) groups is 2. The summed E-state index contributed by atoms with van der Waals surface area (Å²) in [6.45, 7) is 2.98. The van der Waals surface area contributed by atoms with Crippen molar-refractivity contribution in [3.05, 3.63) is 48.5 Å². The average molecular weight is 354 g/mol. The van der Waals surface area contributed by atoms with Crippen LogP contribution in [0.2, 0.25) is 0 Å². The topological polar surface area (TPSA) is 67.9 Å². The van der Waals surface area contributed by atoms with E-state index in [1.807, 2.05) is 37.3 Å². The van der Waals surface area contributed by atoms with E-state index >= 15 is 0 Å². The maximum atomic E-state index is 12.1. The van der Waals surface area contributed by atoms with Gasteiger partial charge in [0.2, 0.25) is 5.91 Å². The molecule has 0 saturated heterocycles. The van der Waals surface area contributed by atoms with Gasteiger partial charge < -0.3 is 19.7 Å². The van der Waals surface area contributed by atoms with Crippen molar-refractivity contribution >= 4 is 23.2 Å². The molecule has 0 unspecified atom stereocenters. The van der Waals surface area contributed by atoms with E-state index < -0.39 is 0 Å². The molecule has 136 valence electrons. The summed E-state index contributed by atoms with van der Waals surface area (Å²) in [5.74, 6) is 1.17. The molecule has 0 aromatic heterocycles. The largest absolute Gasteiger partial charge is 0.493 e. The lowest BCUT2D eigenvalue weighted by Crippen LogP contribution is -2.39. The van der Waals surface area contributed by atoms with Gasteiger partial charge in [0.25, 0.3) is 5.91 Å². The third-order valence-electron chi connectivity index (χ3n) is 3.97. The van der Waals surface area contributed by atoms with E-state index in [9.17, 15) is 9.59 Å². The van der Waals surface area contributed by atoms with Crippen LogP contribution in [0, 0.1) is 0 Å². The molecule has 2 amide bonds. The number of amides is 2. The van der Waals surface area contributed by atoms with Gasteiger partial charge in [-0.2, -0.15) is 0 Å². The summed E-state index contributed by atoms with van der Waals surface area (Å²) in [5.41, 5.74) is 1.33. The lowest BCUT2D eigenvalue weighted by molar-refractivity contribution is -0.121. The van der Waals surface area contributed by atoms with Gasteiger partial charge in [-0.05, 0) is 36.8 Å². The van der Waals surface area contributed by atoms with Crippen molar-refractivity contribution in [2.75, 3.05) is 30.0 Å². The molecule has 1 aliphatic heterocycles. The highest BCUT2D eigenvalue weighted by molar-refractivity contribution is 5.99. The summed E-state index contributed by atoms with van der Waals surface area (Å²) >= 11 is 0. The molecular weight excluding hydrogens is 332 g/mol. The van der Waals surface area contributed by atoms with Crippen LogP contribution in [0.1, 0.15) is 19.8 Å². The predicted molar refractivity (Wildman–Crippen MR) is 99.8 cm³/mol. The first-order valence-corrected chi connectivity index (χ1v) is 8.72. The zero-order chi connectivity index (χ0) is 18.4. The van der Waals surface area contributed by atoms with Crippen LogP contribution in [-0.4, -0.2) is 31.6 Å². The lowest BCUT2D eigenvalue weighted by Gasteiger charge is -2.29. The first kappa shape index (κ1) is 17.8. The van der Waals surface area contributed by atoms with E-state index in [4.69, 9.17) is 9.47 Å². The Morgan fingerprint density at radius 3 is 2.81 bits per heavy atom. The van der Waals surface area contributed by atoms with Crippen molar-refractivity contribution < 1.29 is 19.1 Å². The lowest BCUT2D eigenvalue weighted by atomic mass is 10.2. The molecule has 0 saturated carbocycles. The molecule has 1 aliphatic rings. The Hall–Kier alpha value is -3.02. The molecule has 0 aliphatic carbocycles. The van der Waals surface area contributed by atoms with Crippen molar-refractivity contribution in [2.45, 2.75) is 19.8 Å². The molecule has 2 aromatic rings. The molecule has 26 heavy (non-hydrogen) atoms. The first-order chi connectivity index (χ1) is 12.7. The number of anilines is 2. The Kier molecular flexibility index (Phi) is 5.73. The molecule has 1 N–H and O–H groups in total. The van der Waals surface area contributed by atoms with Crippen molar-refractivity contribution in [3.63, 3.8) is 0 Å². The second-order valence-corrected chi connectivity index (χ2v) is 5.98. The average Bonchev–Trinajstić information content (AvgIpc) is 2.65. The van der Waals surface area contributed by atoms with Crippen molar-refractivity contribution in [1.82, 2.24) is 0 Å². The smallest absolute Gasteiger partial charge is 0.265 e. The summed E-state index contributed by atoms with van der Waals surface area (Å²) in [4.78, 5) is 25.9. The minimum absolute atomic E-state index is 0.0511. The number of carbonyl (C=O) groups excluding carboxylic acids is 2. The van der Waals surface area contributed by atoms with Crippen LogP contribution in [0.25, 0.3) is 0 Å². The van der Waals surface area contributed by atoms with Crippen LogP contribution in [0.3, 0.4) is 0 Å². The van der Waals surface area contributed by atoms with Crippen molar-refractivity contribution in [3.8, 4) is 11.5 Å². The first-order valence-electron chi connectivity index (χ1n) is 8.72. The molecule has 1 heterocycles. The summed E-state index contributed by atoms with van der Waals surface area (Å²) in [6, 6.07) is 14.7. The summed E-state index contributed by atoms with van der Waals surface area (Å²) in [7, 11) is 0. The highest BCUT2D eigenvalue weighted by Gasteiger charge is 2.25. The second kappa shape index (κ2) is 8.38. The van der Waals surface area contributed by atoms with Gasteiger partial charge in [-0.15, -0.1) is 0 Å². The number of nitrogens with zero attached hydrogens (tertiary/aromatic N) is 1. The number of para-hydroxylation sites is 1. The molecular formula is C20H22N2O4. The zero-order valence-electron chi connectivity index (χ0n) is 14.7. The molecule has 0 fully saturated rings. The Balaban J connectivity index is 1.59. The SMILES string of the molecule is CCCN1C(=O)COc2ccc(NC(=O)CCOc3ccccc3)cc21. The normalized spacial score (nSPS) is 13.0. The monoisotopic (exact) mass is 354 g/mol. The Labute approximate surface area is 152 Å². The van der Waals surface area contributed by atoms with Gasteiger partial charge >= 0.3 is 0 Å². The highest BCUT2D eigenvalue weighted by Crippen LogP contribution is 2.34. The number of nitrogens with one attached hydrogen (secondary N) is 1. The van der Waals surface area contributed by atoms with Gasteiger partial charge in [-0.1, -0.05) is 25.1 Å². The highest BCUT2D eigenvalue weighted by atomic mass is 16.5. The zero-order valence-corrected chi connectivity index (χ0v) is 14.7. The summed E-state index contributed by atoms with van der Waals surface area (Å²) < 4.78 is 11.0. The van der Waals surface area contributed by atoms with Crippen molar-refractivity contribution in [2.24, 2.45) is 0 Å². The predicted octanol–water partition coefficient (Wildman–Crippen LogP) is 3.23. The quantitative estimate of drug-likeness (QED) is 0.829. The fourth-order valence-electron chi connectivity index (χ4n) is 2.75. The van der Waals surface area contributed by atoms with E-state index in [1.165, 1.54) is 0 Å². The van der Waals surface area contributed by atoms with Crippen LogP contribution in [0.4, 0.5) is 11.4 Å². The standard InChI is InChI=1S/C20H22N2O4/c1-2-11-22-17-13-15(8-9-18(17)26-14-20(22)24)21-19(23)10-12-25-16-6-4-3-5-7-16/h3-9,13H,2,10-12,14H2,1H3,(H,21,23). The van der Waals surface area contributed by atoms with Gasteiger partial charge in [0.15, 0.2) is 6.61 Å². The maximum absolute atomic E-state index is 12.1. The number of hydrogen-bond donors (Lipinski definition) is 1. The minimum Gasteiger partial charge on any atom is -0.493 e. The fourth-order valence-corrected chi connectivity index (χ4v) is 2.75. The van der Waals surface area contributed by atoms with Gasteiger partial charge in [0, 0.05) is 12.2 Å². The van der Waals surface area contributed by atoms with Crippen LogP contribution < -0.4 is 19.7 Å². The molecule has 0 atom stereocenters. The molecule has 0 bridgehead atoms. The van der Waals surface area contributed by atoms with Crippen LogP contribution in [-0.2, 0) is 9.59 Å². The van der Waals surface area contributed by atoms with E-state index in [0.29, 0.717) is 30.3 Å². The van der Waals surface area contributed by atoms with E-state index in [1.54, 1.807) is 23.1 Å². The van der Waals surface area contributed by atoms with E-state index in [0.717, 1.165) is 12.2 Å². The molecule has 3 rings (SSSR count). The molecule has 2 aromatic carbocycles.